The number of aromatic amines is 1. The summed E-state index contributed by atoms with van der Waals surface area (Å²) in [5.41, 5.74) is 2.18. The van der Waals surface area contributed by atoms with E-state index in [1.54, 1.807) is 7.11 Å². The number of hydrogen-bond donors (Lipinski definition) is 3. The van der Waals surface area contributed by atoms with Crippen LogP contribution in [0.15, 0.2) is 24.3 Å². The maximum Gasteiger partial charge on any atom is 0.271 e. The van der Waals surface area contributed by atoms with Crippen molar-refractivity contribution < 1.29 is 14.6 Å². The maximum atomic E-state index is 12.1. The van der Waals surface area contributed by atoms with Crippen LogP contribution in [0.1, 0.15) is 33.5 Å². The number of aromatic nitrogens is 2. The number of hydrogen-bond acceptors (Lipinski definition) is 4. The van der Waals surface area contributed by atoms with Gasteiger partial charge in [0, 0.05) is 18.2 Å². The first-order chi connectivity index (χ1) is 10.2. The van der Waals surface area contributed by atoms with Gasteiger partial charge in [-0.1, -0.05) is 18.2 Å². The van der Waals surface area contributed by atoms with Crippen molar-refractivity contribution in [3.63, 3.8) is 0 Å². The number of ether oxygens (including phenoxy) is 1. The van der Waals surface area contributed by atoms with Crippen molar-refractivity contribution >= 4 is 5.91 Å². The molecule has 6 heteroatoms. The van der Waals surface area contributed by atoms with Crippen LogP contribution in [-0.2, 0) is 13.0 Å². The van der Waals surface area contributed by atoms with Gasteiger partial charge in [-0.15, -0.1) is 0 Å². The first-order valence-corrected chi connectivity index (χ1v) is 6.82. The molecular formula is C15H17N3O3. The minimum absolute atomic E-state index is 0.0957. The lowest BCUT2D eigenvalue weighted by Crippen LogP contribution is -2.26. The normalized spacial score (nSPS) is 17.8. The number of para-hydroxylation sites is 1. The molecule has 0 radical (unpaired) electrons. The third-order valence-electron chi connectivity index (χ3n) is 3.73. The van der Waals surface area contributed by atoms with Gasteiger partial charge in [0.15, 0.2) is 0 Å². The van der Waals surface area contributed by atoms with Gasteiger partial charge in [-0.25, -0.2) is 4.98 Å². The lowest BCUT2D eigenvalue weighted by atomic mass is 9.93. The van der Waals surface area contributed by atoms with Gasteiger partial charge in [0.2, 0.25) is 0 Å². The van der Waals surface area contributed by atoms with Crippen molar-refractivity contribution in [2.75, 3.05) is 13.7 Å². The molecule has 0 spiro atoms. The van der Waals surface area contributed by atoms with Crippen LogP contribution in [0.2, 0.25) is 0 Å². The number of aliphatic hydroxyl groups is 1. The molecule has 1 aliphatic heterocycles. The second kappa shape index (κ2) is 5.57. The van der Waals surface area contributed by atoms with E-state index < -0.39 is 0 Å². The number of imidazole rings is 1. The molecule has 0 fully saturated rings. The summed E-state index contributed by atoms with van der Waals surface area (Å²) in [5, 5.41) is 12.0. The van der Waals surface area contributed by atoms with Crippen molar-refractivity contribution in [1.82, 2.24) is 15.3 Å². The fourth-order valence-corrected chi connectivity index (χ4v) is 2.72. The summed E-state index contributed by atoms with van der Waals surface area (Å²) in [6.45, 7) is 0.317. The highest BCUT2D eigenvalue weighted by molar-refractivity contribution is 5.94. The van der Waals surface area contributed by atoms with Crippen molar-refractivity contribution in [2.24, 2.45) is 0 Å². The van der Waals surface area contributed by atoms with Gasteiger partial charge in [0.25, 0.3) is 5.91 Å². The number of carbonyl (C=O) groups is 1. The molecule has 110 valence electrons. The summed E-state index contributed by atoms with van der Waals surface area (Å²) >= 11 is 0. The van der Waals surface area contributed by atoms with Gasteiger partial charge in [-0.3, -0.25) is 4.79 Å². The Labute approximate surface area is 122 Å². The monoisotopic (exact) mass is 287 g/mol. The molecule has 0 bridgehead atoms. The average molecular weight is 287 g/mol. The van der Waals surface area contributed by atoms with E-state index in [4.69, 9.17) is 9.84 Å². The summed E-state index contributed by atoms with van der Waals surface area (Å²) in [4.78, 5) is 19.2. The standard InChI is InChI=1S/C15H17N3O3/c1-21-12-5-3-2-4-10(12)9-6-11-14(15(20)16-7-9)18-13(8-19)17-11/h2-5,9,19H,6-8H2,1H3,(H,16,20)(H,17,18)/t9-/m1/s1. The van der Waals surface area contributed by atoms with Gasteiger partial charge in [0.1, 0.15) is 23.9 Å². The summed E-state index contributed by atoms with van der Waals surface area (Å²) in [6, 6.07) is 7.79. The van der Waals surface area contributed by atoms with E-state index in [1.807, 2.05) is 24.3 Å². The zero-order valence-corrected chi connectivity index (χ0v) is 11.7. The maximum absolute atomic E-state index is 12.1. The molecule has 6 nitrogen and oxygen atoms in total. The minimum atomic E-state index is -0.210. The number of H-pyrrole nitrogens is 1. The number of benzene rings is 1. The number of amides is 1. The van der Waals surface area contributed by atoms with Crippen LogP contribution in [0.3, 0.4) is 0 Å². The second-order valence-electron chi connectivity index (χ2n) is 5.02. The molecule has 0 unspecified atom stereocenters. The molecule has 0 saturated heterocycles. The smallest absolute Gasteiger partial charge is 0.271 e. The molecule has 3 rings (SSSR count). The van der Waals surface area contributed by atoms with E-state index in [1.165, 1.54) is 0 Å². The predicted octanol–water partition coefficient (Wildman–Crippen LogP) is 0.980. The average Bonchev–Trinajstić information content (AvgIpc) is 2.87. The topological polar surface area (TPSA) is 87.2 Å². The highest BCUT2D eigenvalue weighted by Crippen LogP contribution is 2.30. The van der Waals surface area contributed by atoms with E-state index in [2.05, 4.69) is 15.3 Å². The van der Waals surface area contributed by atoms with Crippen LogP contribution in [0.4, 0.5) is 0 Å². The number of rotatable bonds is 3. The van der Waals surface area contributed by atoms with Crippen LogP contribution < -0.4 is 10.1 Å². The van der Waals surface area contributed by atoms with Crippen molar-refractivity contribution in [3.8, 4) is 5.75 Å². The molecule has 2 aromatic rings. The highest BCUT2D eigenvalue weighted by Gasteiger charge is 2.27. The number of fused-ring (bicyclic) bond motifs is 1. The third kappa shape index (κ3) is 2.50. The lowest BCUT2D eigenvalue weighted by Gasteiger charge is -2.17. The number of carbonyl (C=O) groups excluding carboxylic acids is 1. The summed E-state index contributed by atoms with van der Waals surface area (Å²) in [5.74, 6) is 1.11. The number of nitrogens with one attached hydrogen (secondary N) is 2. The molecular weight excluding hydrogens is 270 g/mol. The van der Waals surface area contributed by atoms with E-state index in [0.29, 0.717) is 24.5 Å². The molecule has 1 aliphatic rings. The van der Waals surface area contributed by atoms with Gasteiger partial charge in [-0.05, 0) is 18.1 Å². The van der Waals surface area contributed by atoms with Crippen molar-refractivity contribution in [2.45, 2.75) is 18.9 Å². The van der Waals surface area contributed by atoms with Gasteiger partial charge >= 0.3 is 0 Å². The first kappa shape index (κ1) is 13.6. The molecule has 3 N–H and O–H groups in total. The number of aliphatic hydroxyl groups excluding tert-OH is 1. The Bertz CT molecular complexity index is 666. The lowest BCUT2D eigenvalue weighted by molar-refractivity contribution is 0.0950. The molecule has 1 amide bonds. The van der Waals surface area contributed by atoms with Crippen LogP contribution in [0.25, 0.3) is 0 Å². The Kier molecular flexibility index (Phi) is 3.62. The zero-order valence-electron chi connectivity index (χ0n) is 11.7. The Balaban J connectivity index is 1.97. The minimum Gasteiger partial charge on any atom is -0.496 e. The van der Waals surface area contributed by atoms with Crippen molar-refractivity contribution in [1.29, 1.82) is 0 Å². The largest absolute Gasteiger partial charge is 0.496 e. The molecule has 1 aromatic heterocycles. The van der Waals surface area contributed by atoms with Crippen LogP contribution in [0.5, 0.6) is 5.75 Å². The Hall–Kier alpha value is -2.34. The van der Waals surface area contributed by atoms with Crippen LogP contribution in [-0.4, -0.2) is 34.6 Å². The molecule has 1 aromatic carbocycles. The second-order valence-corrected chi connectivity index (χ2v) is 5.02. The van der Waals surface area contributed by atoms with Gasteiger partial charge in [0.05, 0.1) is 7.11 Å². The molecule has 0 saturated carbocycles. The Morgan fingerprint density at radius 2 is 2.24 bits per heavy atom. The molecule has 21 heavy (non-hydrogen) atoms. The van der Waals surface area contributed by atoms with Crippen LogP contribution >= 0.6 is 0 Å². The molecule has 0 aliphatic carbocycles. The third-order valence-corrected chi connectivity index (χ3v) is 3.73. The fourth-order valence-electron chi connectivity index (χ4n) is 2.72. The van der Waals surface area contributed by atoms with E-state index in [-0.39, 0.29) is 18.4 Å². The Morgan fingerprint density at radius 1 is 1.43 bits per heavy atom. The Morgan fingerprint density at radius 3 is 3.00 bits per heavy atom. The number of nitrogens with zero attached hydrogens (tertiary/aromatic N) is 1. The van der Waals surface area contributed by atoms with Crippen LogP contribution in [0, 0.1) is 0 Å². The van der Waals surface area contributed by atoms with E-state index in [0.717, 1.165) is 17.0 Å². The highest BCUT2D eigenvalue weighted by atomic mass is 16.5. The summed E-state index contributed by atoms with van der Waals surface area (Å²) in [6.07, 6.45) is 0.640. The quantitative estimate of drug-likeness (QED) is 0.785. The van der Waals surface area contributed by atoms with Gasteiger partial charge in [-0.2, -0.15) is 0 Å². The van der Waals surface area contributed by atoms with Gasteiger partial charge < -0.3 is 20.1 Å². The zero-order chi connectivity index (χ0) is 14.8. The number of methoxy groups -OCH3 is 1. The first-order valence-electron chi connectivity index (χ1n) is 6.82. The molecule has 1 atom stereocenters. The van der Waals surface area contributed by atoms with E-state index in [9.17, 15) is 4.79 Å². The van der Waals surface area contributed by atoms with Crippen molar-refractivity contribution in [3.05, 3.63) is 47.0 Å². The summed E-state index contributed by atoms with van der Waals surface area (Å²) < 4.78 is 5.40. The SMILES string of the molecule is COc1ccccc1[C@H]1CNC(=O)c2nc(CO)[nH]c2C1. The fraction of sp³-hybridized carbons (Fsp3) is 0.333. The van der Waals surface area contributed by atoms with E-state index >= 15 is 0 Å². The molecule has 2 heterocycles. The predicted molar refractivity (Wildman–Crippen MR) is 76.3 cm³/mol. The summed E-state index contributed by atoms with van der Waals surface area (Å²) in [7, 11) is 1.64.